The molecule has 4 nitrogen and oxygen atoms in total. The van der Waals surface area contributed by atoms with Gasteiger partial charge in [-0.1, -0.05) is 18.2 Å². The SMILES string of the molecule is O=C(O)C1(CCOc2ccccc2)CCOCC1. The minimum absolute atomic E-state index is 0.427. The van der Waals surface area contributed by atoms with E-state index in [0.29, 0.717) is 39.1 Å². The molecule has 1 fully saturated rings. The van der Waals surface area contributed by atoms with Gasteiger partial charge in [0, 0.05) is 13.2 Å². The molecular weight excluding hydrogens is 232 g/mol. The molecule has 0 aromatic heterocycles. The van der Waals surface area contributed by atoms with Crippen LogP contribution in [0.15, 0.2) is 30.3 Å². The summed E-state index contributed by atoms with van der Waals surface area (Å²) >= 11 is 0. The third-order valence-electron chi connectivity index (χ3n) is 3.50. The standard InChI is InChI=1S/C14H18O4/c15-13(16)14(6-9-17-10-7-14)8-11-18-12-4-2-1-3-5-12/h1-5H,6-11H2,(H,15,16). The van der Waals surface area contributed by atoms with E-state index in [1.54, 1.807) is 0 Å². The van der Waals surface area contributed by atoms with E-state index in [4.69, 9.17) is 9.47 Å². The Bertz CT molecular complexity index is 382. The lowest BCUT2D eigenvalue weighted by Crippen LogP contribution is -2.38. The van der Waals surface area contributed by atoms with Gasteiger partial charge in [-0.15, -0.1) is 0 Å². The molecule has 98 valence electrons. The van der Waals surface area contributed by atoms with Gasteiger partial charge in [-0.25, -0.2) is 0 Å². The van der Waals surface area contributed by atoms with Crippen LogP contribution in [0.2, 0.25) is 0 Å². The number of rotatable bonds is 5. The van der Waals surface area contributed by atoms with Crippen LogP contribution >= 0.6 is 0 Å². The molecule has 0 atom stereocenters. The molecule has 0 spiro atoms. The second-order valence-corrected chi connectivity index (χ2v) is 4.61. The maximum absolute atomic E-state index is 11.4. The number of carboxylic acid groups (broad SMARTS) is 1. The number of carboxylic acids is 1. The number of ether oxygens (including phenoxy) is 2. The van der Waals surface area contributed by atoms with E-state index < -0.39 is 11.4 Å². The molecule has 1 N–H and O–H groups in total. The lowest BCUT2D eigenvalue weighted by atomic mass is 9.77. The van der Waals surface area contributed by atoms with Crippen molar-refractivity contribution in [2.75, 3.05) is 19.8 Å². The predicted molar refractivity (Wildman–Crippen MR) is 66.7 cm³/mol. The molecule has 0 bridgehead atoms. The lowest BCUT2D eigenvalue weighted by molar-refractivity contribution is -0.156. The van der Waals surface area contributed by atoms with E-state index in [0.717, 1.165) is 5.75 Å². The fraction of sp³-hybridized carbons (Fsp3) is 0.500. The molecule has 0 amide bonds. The topological polar surface area (TPSA) is 55.8 Å². The van der Waals surface area contributed by atoms with Crippen molar-refractivity contribution in [3.8, 4) is 5.75 Å². The summed E-state index contributed by atoms with van der Waals surface area (Å²) in [6, 6.07) is 9.46. The second-order valence-electron chi connectivity index (χ2n) is 4.61. The number of para-hydroxylation sites is 1. The summed E-state index contributed by atoms with van der Waals surface area (Å²) in [7, 11) is 0. The molecule has 0 saturated carbocycles. The number of hydrogen-bond donors (Lipinski definition) is 1. The van der Waals surface area contributed by atoms with Crippen LogP contribution in [0.4, 0.5) is 0 Å². The zero-order valence-corrected chi connectivity index (χ0v) is 10.3. The lowest BCUT2D eigenvalue weighted by Gasteiger charge is -2.32. The van der Waals surface area contributed by atoms with Gasteiger partial charge in [0.1, 0.15) is 5.75 Å². The van der Waals surface area contributed by atoms with Crippen molar-refractivity contribution < 1.29 is 19.4 Å². The van der Waals surface area contributed by atoms with Crippen LogP contribution in [0, 0.1) is 5.41 Å². The van der Waals surface area contributed by atoms with Crippen LogP contribution in [0.1, 0.15) is 19.3 Å². The monoisotopic (exact) mass is 250 g/mol. The maximum atomic E-state index is 11.4. The third kappa shape index (κ3) is 3.01. The fourth-order valence-electron chi connectivity index (χ4n) is 2.21. The average Bonchev–Trinajstić information content (AvgIpc) is 2.41. The summed E-state index contributed by atoms with van der Waals surface area (Å²) in [5.74, 6) is 0.0487. The van der Waals surface area contributed by atoms with Crippen molar-refractivity contribution in [3.05, 3.63) is 30.3 Å². The van der Waals surface area contributed by atoms with Gasteiger partial charge in [0.2, 0.25) is 0 Å². The Morgan fingerprint density at radius 3 is 2.56 bits per heavy atom. The van der Waals surface area contributed by atoms with Crippen LogP contribution in [0.3, 0.4) is 0 Å². The van der Waals surface area contributed by atoms with Crippen LogP contribution in [0.5, 0.6) is 5.75 Å². The fourth-order valence-corrected chi connectivity index (χ4v) is 2.21. The Kier molecular flexibility index (Phi) is 4.20. The van der Waals surface area contributed by atoms with E-state index in [9.17, 15) is 9.90 Å². The number of aliphatic carboxylic acids is 1. The van der Waals surface area contributed by atoms with Crippen molar-refractivity contribution in [2.45, 2.75) is 19.3 Å². The molecular formula is C14H18O4. The van der Waals surface area contributed by atoms with Gasteiger partial charge in [0.05, 0.1) is 12.0 Å². The molecule has 18 heavy (non-hydrogen) atoms. The maximum Gasteiger partial charge on any atom is 0.309 e. The summed E-state index contributed by atoms with van der Waals surface area (Å²) in [5.41, 5.74) is -0.674. The Labute approximate surface area is 107 Å². The number of hydrogen-bond acceptors (Lipinski definition) is 3. The first-order valence-corrected chi connectivity index (χ1v) is 6.22. The van der Waals surface area contributed by atoms with Crippen molar-refractivity contribution >= 4 is 5.97 Å². The van der Waals surface area contributed by atoms with Crippen molar-refractivity contribution in [2.24, 2.45) is 5.41 Å². The molecule has 2 rings (SSSR count). The first kappa shape index (κ1) is 12.9. The molecule has 1 aromatic carbocycles. The van der Waals surface area contributed by atoms with Gasteiger partial charge in [-0.3, -0.25) is 4.79 Å². The Balaban J connectivity index is 1.88. The molecule has 0 unspecified atom stereocenters. The summed E-state index contributed by atoms with van der Waals surface area (Å²) in [6.45, 7) is 1.48. The normalized spacial score (nSPS) is 18.2. The highest BCUT2D eigenvalue weighted by Gasteiger charge is 2.39. The minimum atomic E-state index is -0.734. The smallest absolute Gasteiger partial charge is 0.309 e. The second kappa shape index (κ2) is 5.87. The zero-order valence-electron chi connectivity index (χ0n) is 10.3. The van der Waals surface area contributed by atoms with Crippen molar-refractivity contribution in [3.63, 3.8) is 0 Å². The van der Waals surface area contributed by atoms with Gasteiger partial charge in [0.25, 0.3) is 0 Å². The van der Waals surface area contributed by atoms with Gasteiger partial charge in [0.15, 0.2) is 0 Å². The Hall–Kier alpha value is -1.55. The summed E-state index contributed by atoms with van der Waals surface area (Å²) in [4.78, 5) is 11.4. The van der Waals surface area contributed by atoms with E-state index in [2.05, 4.69) is 0 Å². The minimum Gasteiger partial charge on any atom is -0.494 e. The van der Waals surface area contributed by atoms with Crippen LogP contribution in [0.25, 0.3) is 0 Å². The van der Waals surface area contributed by atoms with Crippen molar-refractivity contribution in [1.29, 1.82) is 0 Å². The highest BCUT2D eigenvalue weighted by Crippen LogP contribution is 2.34. The van der Waals surface area contributed by atoms with E-state index in [1.165, 1.54) is 0 Å². The van der Waals surface area contributed by atoms with Gasteiger partial charge < -0.3 is 14.6 Å². The Morgan fingerprint density at radius 1 is 1.28 bits per heavy atom. The first-order chi connectivity index (χ1) is 8.73. The molecule has 1 saturated heterocycles. The summed E-state index contributed by atoms with van der Waals surface area (Å²) in [6.07, 6.45) is 1.67. The highest BCUT2D eigenvalue weighted by atomic mass is 16.5. The molecule has 0 radical (unpaired) electrons. The molecule has 4 heteroatoms. The summed E-state index contributed by atoms with van der Waals surface area (Å²) in [5, 5.41) is 9.37. The summed E-state index contributed by atoms with van der Waals surface area (Å²) < 4.78 is 10.8. The molecule has 0 aliphatic carbocycles. The largest absolute Gasteiger partial charge is 0.494 e. The molecule has 1 heterocycles. The van der Waals surface area contributed by atoms with Crippen LogP contribution < -0.4 is 4.74 Å². The third-order valence-corrected chi connectivity index (χ3v) is 3.50. The van der Waals surface area contributed by atoms with Crippen LogP contribution in [-0.4, -0.2) is 30.9 Å². The number of benzene rings is 1. The quantitative estimate of drug-likeness (QED) is 0.871. The van der Waals surface area contributed by atoms with Gasteiger partial charge in [-0.05, 0) is 31.4 Å². The molecule has 1 aromatic rings. The predicted octanol–water partition coefficient (Wildman–Crippen LogP) is 2.34. The first-order valence-electron chi connectivity index (χ1n) is 6.22. The molecule has 1 aliphatic heterocycles. The van der Waals surface area contributed by atoms with E-state index in [-0.39, 0.29) is 0 Å². The van der Waals surface area contributed by atoms with E-state index >= 15 is 0 Å². The molecule has 1 aliphatic rings. The average molecular weight is 250 g/mol. The number of carbonyl (C=O) groups is 1. The zero-order chi connectivity index (χ0) is 12.8. The Morgan fingerprint density at radius 2 is 1.94 bits per heavy atom. The van der Waals surface area contributed by atoms with Gasteiger partial charge in [-0.2, -0.15) is 0 Å². The van der Waals surface area contributed by atoms with E-state index in [1.807, 2.05) is 30.3 Å². The van der Waals surface area contributed by atoms with Crippen LogP contribution in [-0.2, 0) is 9.53 Å². The van der Waals surface area contributed by atoms with Gasteiger partial charge >= 0.3 is 5.97 Å². The highest BCUT2D eigenvalue weighted by molar-refractivity contribution is 5.74. The van der Waals surface area contributed by atoms with Crippen molar-refractivity contribution in [1.82, 2.24) is 0 Å².